The van der Waals surface area contributed by atoms with Gasteiger partial charge in [-0.2, -0.15) is 5.10 Å². The lowest BCUT2D eigenvalue weighted by molar-refractivity contribution is 0.508. The molecule has 90 valence electrons. The van der Waals surface area contributed by atoms with Crippen molar-refractivity contribution in [3.8, 4) is 0 Å². The third-order valence-electron chi connectivity index (χ3n) is 2.80. The number of hydrogen-bond acceptors (Lipinski definition) is 3. The van der Waals surface area contributed by atoms with Gasteiger partial charge in [0.15, 0.2) is 0 Å². The van der Waals surface area contributed by atoms with E-state index < -0.39 is 0 Å². The van der Waals surface area contributed by atoms with Gasteiger partial charge in [-0.3, -0.25) is 16.0 Å². The van der Waals surface area contributed by atoms with Crippen LogP contribution in [0, 0.1) is 0 Å². The third kappa shape index (κ3) is 2.74. The highest BCUT2D eigenvalue weighted by atomic mass is 79.9. The minimum Gasteiger partial charge on any atom is -0.271 e. The second kappa shape index (κ2) is 5.44. The molecule has 0 aliphatic heterocycles. The van der Waals surface area contributed by atoms with E-state index in [-0.39, 0.29) is 6.04 Å². The van der Waals surface area contributed by atoms with Crippen LogP contribution in [0.15, 0.2) is 41.0 Å². The van der Waals surface area contributed by atoms with Crippen LogP contribution in [0.2, 0.25) is 0 Å². The number of halogens is 1. The molecule has 1 atom stereocenters. The molecule has 1 aromatic heterocycles. The Kier molecular flexibility index (Phi) is 3.93. The summed E-state index contributed by atoms with van der Waals surface area (Å²) in [6.07, 6.45) is 2.59. The normalized spacial score (nSPS) is 12.6. The summed E-state index contributed by atoms with van der Waals surface area (Å²) in [7, 11) is 1.92. The first-order chi connectivity index (χ1) is 8.22. The molecule has 0 aliphatic carbocycles. The van der Waals surface area contributed by atoms with Gasteiger partial charge in [0.25, 0.3) is 0 Å². The van der Waals surface area contributed by atoms with E-state index in [1.165, 1.54) is 5.56 Å². The zero-order chi connectivity index (χ0) is 12.3. The topological polar surface area (TPSA) is 55.9 Å². The molecule has 0 fully saturated rings. The van der Waals surface area contributed by atoms with Crippen LogP contribution in [-0.4, -0.2) is 9.78 Å². The molecule has 2 rings (SSSR count). The van der Waals surface area contributed by atoms with Crippen molar-refractivity contribution in [3.63, 3.8) is 0 Å². The van der Waals surface area contributed by atoms with Crippen molar-refractivity contribution in [1.82, 2.24) is 15.2 Å². The second-order valence-electron chi connectivity index (χ2n) is 3.89. The fraction of sp³-hybridized carbons (Fsp3) is 0.250. The van der Waals surface area contributed by atoms with Crippen molar-refractivity contribution >= 4 is 15.9 Å². The molecule has 0 bridgehead atoms. The molecule has 0 amide bonds. The fourth-order valence-corrected chi connectivity index (χ4v) is 2.31. The van der Waals surface area contributed by atoms with E-state index in [4.69, 9.17) is 5.84 Å². The summed E-state index contributed by atoms with van der Waals surface area (Å²) in [5, 5.41) is 4.16. The number of rotatable bonds is 4. The van der Waals surface area contributed by atoms with E-state index in [9.17, 15) is 0 Å². The summed E-state index contributed by atoms with van der Waals surface area (Å²) in [6, 6.07) is 10.2. The molecule has 5 heteroatoms. The van der Waals surface area contributed by atoms with Crippen LogP contribution in [0.3, 0.4) is 0 Å². The van der Waals surface area contributed by atoms with Crippen LogP contribution in [0.25, 0.3) is 0 Å². The van der Waals surface area contributed by atoms with E-state index in [1.807, 2.05) is 36.0 Å². The predicted octanol–water partition coefficient (Wildman–Crippen LogP) is 1.93. The Balaban J connectivity index is 2.22. The lowest BCUT2D eigenvalue weighted by atomic mass is 10.0. The first-order valence-corrected chi connectivity index (χ1v) is 6.19. The van der Waals surface area contributed by atoms with E-state index in [1.54, 1.807) is 6.20 Å². The average Bonchev–Trinajstić information content (AvgIpc) is 2.75. The highest BCUT2D eigenvalue weighted by Gasteiger charge is 2.15. The quantitative estimate of drug-likeness (QED) is 0.669. The fourth-order valence-electron chi connectivity index (χ4n) is 1.86. The summed E-state index contributed by atoms with van der Waals surface area (Å²) in [6.45, 7) is 0. The van der Waals surface area contributed by atoms with Crippen molar-refractivity contribution in [2.75, 3.05) is 0 Å². The summed E-state index contributed by atoms with van der Waals surface area (Å²) >= 11 is 3.54. The Morgan fingerprint density at radius 2 is 2.18 bits per heavy atom. The van der Waals surface area contributed by atoms with Crippen LogP contribution in [0.1, 0.15) is 17.3 Å². The van der Waals surface area contributed by atoms with Crippen molar-refractivity contribution in [2.45, 2.75) is 12.5 Å². The molecule has 0 saturated carbocycles. The van der Waals surface area contributed by atoms with E-state index in [2.05, 4.69) is 32.5 Å². The Morgan fingerprint density at radius 3 is 2.76 bits per heavy atom. The van der Waals surface area contributed by atoms with Gasteiger partial charge in [-0.25, -0.2) is 0 Å². The highest BCUT2D eigenvalue weighted by molar-refractivity contribution is 9.10. The van der Waals surface area contributed by atoms with Gasteiger partial charge in [0.1, 0.15) is 0 Å². The van der Waals surface area contributed by atoms with E-state index >= 15 is 0 Å². The largest absolute Gasteiger partial charge is 0.271 e. The summed E-state index contributed by atoms with van der Waals surface area (Å²) < 4.78 is 2.93. The van der Waals surface area contributed by atoms with Gasteiger partial charge < -0.3 is 0 Å². The maximum atomic E-state index is 5.62. The molecule has 1 unspecified atom stereocenters. The molecule has 17 heavy (non-hydrogen) atoms. The Hall–Kier alpha value is -1.17. The van der Waals surface area contributed by atoms with E-state index in [0.717, 1.165) is 16.6 Å². The Labute approximate surface area is 109 Å². The van der Waals surface area contributed by atoms with Crippen LogP contribution >= 0.6 is 15.9 Å². The maximum absolute atomic E-state index is 5.62. The monoisotopic (exact) mass is 294 g/mol. The lowest BCUT2D eigenvalue weighted by Gasteiger charge is -2.17. The molecular formula is C12H15BrN4. The van der Waals surface area contributed by atoms with Gasteiger partial charge in [-0.05, 0) is 24.1 Å². The van der Waals surface area contributed by atoms with Crippen LogP contribution in [-0.2, 0) is 13.5 Å². The lowest BCUT2D eigenvalue weighted by Crippen LogP contribution is -2.31. The zero-order valence-corrected chi connectivity index (χ0v) is 11.2. The number of hydrogen-bond donors (Lipinski definition) is 2. The molecule has 0 radical (unpaired) electrons. The molecule has 3 N–H and O–H groups in total. The van der Waals surface area contributed by atoms with Gasteiger partial charge in [0, 0.05) is 17.7 Å². The SMILES string of the molecule is Cn1nccc1C(Cc1ccccc1Br)NN. The summed E-state index contributed by atoms with van der Waals surface area (Å²) in [5.74, 6) is 5.62. The van der Waals surface area contributed by atoms with Crippen LogP contribution in [0.4, 0.5) is 0 Å². The minimum absolute atomic E-state index is 0.0567. The number of aromatic nitrogens is 2. The Morgan fingerprint density at radius 1 is 1.41 bits per heavy atom. The summed E-state index contributed by atoms with van der Waals surface area (Å²) in [5.41, 5.74) is 5.13. The number of nitrogens with zero attached hydrogens (tertiary/aromatic N) is 2. The molecule has 1 heterocycles. The molecule has 2 aromatic rings. The average molecular weight is 295 g/mol. The molecule has 4 nitrogen and oxygen atoms in total. The third-order valence-corrected chi connectivity index (χ3v) is 3.57. The Bertz CT molecular complexity index is 495. The first-order valence-electron chi connectivity index (χ1n) is 5.40. The summed E-state index contributed by atoms with van der Waals surface area (Å²) in [4.78, 5) is 0. The predicted molar refractivity (Wildman–Crippen MR) is 71.1 cm³/mol. The van der Waals surface area contributed by atoms with E-state index in [0.29, 0.717) is 0 Å². The van der Waals surface area contributed by atoms with Gasteiger partial charge >= 0.3 is 0 Å². The first kappa shape index (κ1) is 12.3. The standard InChI is InChI=1S/C12H15BrN4/c1-17-12(6-7-15-17)11(16-14)8-9-4-2-3-5-10(9)13/h2-7,11,16H,8,14H2,1H3. The van der Waals surface area contributed by atoms with Crippen molar-refractivity contribution in [3.05, 3.63) is 52.3 Å². The number of nitrogens with two attached hydrogens (primary N) is 1. The van der Waals surface area contributed by atoms with Crippen molar-refractivity contribution in [2.24, 2.45) is 12.9 Å². The second-order valence-corrected chi connectivity index (χ2v) is 4.75. The van der Waals surface area contributed by atoms with Gasteiger partial charge in [-0.15, -0.1) is 0 Å². The van der Waals surface area contributed by atoms with Crippen LogP contribution < -0.4 is 11.3 Å². The molecule has 0 aliphatic rings. The molecule has 0 spiro atoms. The van der Waals surface area contributed by atoms with Gasteiger partial charge in [-0.1, -0.05) is 34.1 Å². The molecule has 0 saturated heterocycles. The number of nitrogens with one attached hydrogen (secondary N) is 1. The van der Waals surface area contributed by atoms with Gasteiger partial charge in [0.2, 0.25) is 0 Å². The molecular weight excluding hydrogens is 280 g/mol. The zero-order valence-electron chi connectivity index (χ0n) is 9.60. The van der Waals surface area contributed by atoms with Crippen LogP contribution in [0.5, 0.6) is 0 Å². The smallest absolute Gasteiger partial charge is 0.0669 e. The van der Waals surface area contributed by atoms with Crippen molar-refractivity contribution < 1.29 is 0 Å². The molecule has 1 aromatic carbocycles. The highest BCUT2D eigenvalue weighted by Crippen LogP contribution is 2.22. The number of benzene rings is 1. The van der Waals surface area contributed by atoms with Gasteiger partial charge in [0.05, 0.1) is 11.7 Å². The number of hydrazine groups is 1. The van der Waals surface area contributed by atoms with Crippen molar-refractivity contribution in [1.29, 1.82) is 0 Å². The number of aryl methyl sites for hydroxylation is 1. The maximum Gasteiger partial charge on any atom is 0.0669 e. The minimum atomic E-state index is 0.0567.